The van der Waals surface area contributed by atoms with E-state index in [0.29, 0.717) is 39.5 Å². The van der Waals surface area contributed by atoms with Crippen molar-refractivity contribution in [2.24, 2.45) is 5.73 Å². The van der Waals surface area contributed by atoms with Crippen molar-refractivity contribution in [3.05, 3.63) is 0 Å². The second-order valence-corrected chi connectivity index (χ2v) is 2.64. The van der Waals surface area contributed by atoms with E-state index in [9.17, 15) is 4.79 Å². The van der Waals surface area contributed by atoms with Gasteiger partial charge in [-0.2, -0.15) is 0 Å². The molecule has 0 spiro atoms. The number of hydrogen-bond acceptors (Lipinski definition) is 5. The van der Waals surface area contributed by atoms with E-state index in [1.54, 1.807) is 7.05 Å². The zero-order chi connectivity index (χ0) is 11.4. The van der Waals surface area contributed by atoms with Crippen molar-refractivity contribution in [1.29, 1.82) is 0 Å². The first-order chi connectivity index (χ1) is 7.31. The highest BCUT2D eigenvalue weighted by atomic mass is 16.5. The molecule has 0 rings (SSSR count). The van der Waals surface area contributed by atoms with Gasteiger partial charge in [-0.1, -0.05) is 0 Å². The molecule has 0 saturated carbocycles. The molecule has 0 aromatic carbocycles. The van der Waals surface area contributed by atoms with Gasteiger partial charge in [0.25, 0.3) is 0 Å². The Hall–Kier alpha value is -0.890. The molecular weight excluding hydrogens is 200 g/mol. The lowest BCUT2D eigenvalue weighted by Crippen LogP contribution is -2.43. The number of hydrazine groups is 1. The summed E-state index contributed by atoms with van der Waals surface area (Å²) >= 11 is 0. The summed E-state index contributed by atoms with van der Waals surface area (Å²) in [6, 6.07) is -0.277. The molecule has 7 nitrogen and oxygen atoms in total. The Kier molecular flexibility index (Phi) is 10.5. The summed E-state index contributed by atoms with van der Waals surface area (Å²) in [4.78, 5) is 10.8. The molecule has 0 atom stereocenters. The predicted molar refractivity (Wildman–Crippen MR) is 56.3 cm³/mol. The largest absolute Gasteiger partial charge is 0.378 e. The number of amides is 2. The Morgan fingerprint density at radius 2 is 1.87 bits per heavy atom. The molecule has 2 amide bonds. The van der Waals surface area contributed by atoms with Gasteiger partial charge in [0.05, 0.1) is 26.4 Å². The molecule has 0 heterocycles. The first-order valence-corrected chi connectivity index (χ1v) is 4.87. The van der Waals surface area contributed by atoms with Crippen molar-refractivity contribution in [2.45, 2.75) is 0 Å². The molecule has 15 heavy (non-hydrogen) atoms. The minimum atomic E-state index is -0.277. The lowest BCUT2D eigenvalue weighted by molar-refractivity contribution is 0.0524. The van der Waals surface area contributed by atoms with Crippen molar-refractivity contribution in [1.82, 2.24) is 16.2 Å². The van der Waals surface area contributed by atoms with Crippen LogP contribution in [0.3, 0.4) is 0 Å². The molecular formula is C8H20N4O3. The smallest absolute Gasteiger partial charge is 0.329 e. The standard InChI is InChI=1S/C8H20N4O3/c1-10-12-8(13)11-3-5-15-7-6-14-4-2-9/h10H,2-7,9H2,1H3,(H2,11,12,13). The normalized spacial score (nSPS) is 10.0. The van der Waals surface area contributed by atoms with Gasteiger partial charge in [-0.05, 0) is 0 Å². The first-order valence-electron chi connectivity index (χ1n) is 4.87. The molecule has 0 aromatic heterocycles. The second-order valence-electron chi connectivity index (χ2n) is 2.64. The van der Waals surface area contributed by atoms with E-state index >= 15 is 0 Å². The van der Waals surface area contributed by atoms with E-state index in [0.717, 1.165) is 0 Å². The maximum Gasteiger partial charge on any atom is 0.329 e. The van der Waals surface area contributed by atoms with Crippen LogP contribution in [0.5, 0.6) is 0 Å². The van der Waals surface area contributed by atoms with Crippen LogP contribution in [0, 0.1) is 0 Å². The Labute approximate surface area is 89.6 Å². The maximum atomic E-state index is 10.8. The van der Waals surface area contributed by atoms with Crippen LogP contribution in [-0.4, -0.2) is 52.6 Å². The van der Waals surface area contributed by atoms with Crippen LogP contribution in [0.2, 0.25) is 0 Å². The van der Waals surface area contributed by atoms with Crippen molar-refractivity contribution in [3.63, 3.8) is 0 Å². The summed E-state index contributed by atoms with van der Waals surface area (Å²) in [6.45, 7) is 3.03. The molecule has 0 saturated heterocycles. The van der Waals surface area contributed by atoms with Crippen LogP contribution in [-0.2, 0) is 9.47 Å². The molecule has 0 radical (unpaired) electrons. The van der Waals surface area contributed by atoms with Gasteiger partial charge in [-0.25, -0.2) is 10.2 Å². The Morgan fingerprint density at radius 3 is 2.47 bits per heavy atom. The van der Waals surface area contributed by atoms with Crippen molar-refractivity contribution in [2.75, 3.05) is 46.6 Å². The maximum absolute atomic E-state index is 10.8. The van der Waals surface area contributed by atoms with Crippen LogP contribution in [0.4, 0.5) is 4.79 Å². The molecule has 90 valence electrons. The van der Waals surface area contributed by atoms with E-state index < -0.39 is 0 Å². The molecule has 5 N–H and O–H groups in total. The van der Waals surface area contributed by atoms with Gasteiger partial charge < -0.3 is 20.5 Å². The zero-order valence-electron chi connectivity index (χ0n) is 9.04. The highest BCUT2D eigenvalue weighted by Gasteiger charge is 1.95. The third-order valence-corrected chi connectivity index (χ3v) is 1.40. The quantitative estimate of drug-likeness (QED) is 0.277. The second kappa shape index (κ2) is 11.2. The van der Waals surface area contributed by atoms with Crippen LogP contribution in [0.15, 0.2) is 0 Å². The van der Waals surface area contributed by atoms with Gasteiger partial charge in [0, 0.05) is 20.1 Å². The van der Waals surface area contributed by atoms with E-state index in [-0.39, 0.29) is 6.03 Å². The van der Waals surface area contributed by atoms with Gasteiger partial charge in [0.15, 0.2) is 0 Å². The summed E-state index contributed by atoms with van der Waals surface area (Å²) in [6.07, 6.45) is 0. The minimum absolute atomic E-state index is 0.277. The fourth-order valence-corrected chi connectivity index (χ4v) is 0.800. The Balaban J connectivity index is 3.01. The van der Waals surface area contributed by atoms with Crippen LogP contribution >= 0.6 is 0 Å². The van der Waals surface area contributed by atoms with E-state index in [4.69, 9.17) is 15.2 Å². The van der Waals surface area contributed by atoms with Crippen molar-refractivity contribution in [3.8, 4) is 0 Å². The molecule has 0 aliphatic carbocycles. The number of nitrogens with one attached hydrogen (secondary N) is 3. The molecule has 0 aliphatic rings. The predicted octanol–water partition coefficient (Wildman–Crippen LogP) is -1.59. The average molecular weight is 220 g/mol. The third-order valence-electron chi connectivity index (χ3n) is 1.40. The molecule has 0 unspecified atom stereocenters. The van der Waals surface area contributed by atoms with Crippen LogP contribution in [0.1, 0.15) is 0 Å². The summed E-state index contributed by atoms with van der Waals surface area (Å²) in [5, 5.41) is 2.59. The van der Waals surface area contributed by atoms with Crippen LogP contribution < -0.4 is 21.9 Å². The summed E-state index contributed by atoms with van der Waals surface area (Å²) < 4.78 is 10.3. The van der Waals surface area contributed by atoms with E-state index in [2.05, 4.69) is 16.2 Å². The number of rotatable bonds is 9. The molecule has 0 aliphatic heterocycles. The van der Waals surface area contributed by atoms with Gasteiger partial charge >= 0.3 is 6.03 Å². The Bertz CT molecular complexity index is 157. The van der Waals surface area contributed by atoms with E-state index in [1.807, 2.05) is 0 Å². The third kappa shape index (κ3) is 11.0. The minimum Gasteiger partial charge on any atom is -0.378 e. The highest BCUT2D eigenvalue weighted by molar-refractivity contribution is 5.73. The number of carbonyl (C=O) groups excluding carboxylic acids is 1. The van der Waals surface area contributed by atoms with Gasteiger partial charge in [-0.15, -0.1) is 0 Å². The topological polar surface area (TPSA) is 97.6 Å². The zero-order valence-corrected chi connectivity index (χ0v) is 9.04. The molecule has 0 bridgehead atoms. The monoisotopic (exact) mass is 220 g/mol. The number of urea groups is 1. The molecule has 0 aromatic rings. The average Bonchev–Trinajstić information content (AvgIpc) is 2.22. The Morgan fingerprint density at radius 1 is 1.20 bits per heavy atom. The number of hydrogen-bond donors (Lipinski definition) is 4. The van der Waals surface area contributed by atoms with Gasteiger partial charge in [-0.3, -0.25) is 5.43 Å². The number of ether oxygens (including phenoxy) is 2. The van der Waals surface area contributed by atoms with Crippen LogP contribution in [0.25, 0.3) is 0 Å². The summed E-state index contributed by atoms with van der Waals surface area (Å²) in [5.41, 5.74) is 10.1. The van der Waals surface area contributed by atoms with Crippen molar-refractivity contribution >= 4 is 6.03 Å². The lowest BCUT2D eigenvalue weighted by Gasteiger charge is -2.07. The van der Waals surface area contributed by atoms with E-state index in [1.165, 1.54) is 0 Å². The number of carbonyl (C=O) groups is 1. The SMILES string of the molecule is CNNC(=O)NCCOCCOCCN. The fraction of sp³-hybridized carbons (Fsp3) is 0.875. The molecule has 7 heteroatoms. The van der Waals surface area contributed by atoms with Gasteiger partial charge in [0.2, 0.25) is 0 Å². The van der Waals surface area contributed by atoms with Gasteiger partial charge in [0.1, 0.15) is 0 Å². The lowest BCUT2D eigenvalue weighted by atomic mass is 10.6. The number of nitrogens with two attached hydrogens (primary N) is 1. The highest BCUT2D eigenvalue weighted by Crippen LogP contribution is 1.77. The molecule has 0 fully saturated rings. The summed E-state index contributed by atoms with van der Waals surface area (Å²) in [7, 11) is 1.62. The fourth-order valence-electron chi connectivity index (χ4n) is 0.800. The first kappa shape index (κ1) is 14.1. The van der Waals surface area contributed by atoms with Crippen molar-refractivity contribution < 1.29 is 14.3 Å². The summed E-state index contributed by atoms with van der Waals surface area (Å²) in [5.74, 6) is 0.